The maximum Gasteiger partial charge on any atom is 0.0665 e. The molecular formula is C16H21N3O. The summed E-state index contributed by atoms with van der Waals surface area (Å²) in [5, 5.41) is 7.67. The number of benzene rings is 1. The number of methoxy groups -OCH3 is 1. The Kier molecular flexibility index (Phi) is 6.02. The highest BCUT2D eigenvalue weighted by Gasteiger charge is 2.00. The monoisotopic (exact) mass is 271 g/mol. The second-order valence-electron chi connectivity index (χ2n) is 4.44. The summed E-state index contributed by atoms with van der Waals surface area (Å²) < 4.78 is 6.92. The van der Waals surface area contributed by atoms with Gasteiger partial charge in [0.25, 0.3) is 0 Å². The highest BCUT2D eigenvalue weighted by atomic mass is 16.5. The lowest BCUT2D eigenvalue weighted by Gasteiger charge is -2.04. The van der Waals surface area contributed by atoms with Crippen LogP contribution in [0.4, 0.5) is 0 Å². The van der Waals surface area contributed by atoms with Crippen molar-refractivity contribution in [1.29, 1.82) is 0 Å². The average Bonchev–Trinajstić information content (AvgIpc) is 2.96. The molecule has 0 atom stereocenters. The van der Waals surface area contributed by atoms with E-state index in [4.69, 9.17) is 4.74 Å². The second-order valence-corrected chi connectivity index (χ2v) is 4.44. The number of ether oxygens (including phenoxy) is 1. The van der Waals surface area contributed by atoms with E-state index in [1.807, 2.05) is 35.1 Å². The summed E-state index contributed by atoms with van der Waals surface area (Å²) in [4.78, 5) is 0. The van der Waals surface area contributed by atoms with Gasteiger partial charge in [-0.3, -0.25) is 0 Å². The Morgan fingerprint density at radius 3 is 2.85 bits per heavy atom. The van der Waals surface area contributed by atoms with E-state index in [0.717, 1.165) is 37.5 Å². The molecule has 0 saturated carbocycles. The molecule has 0 radical (unpaired) electrons. The molecule has 0 unspecified atom stereocenters. The van der Waals surface area contributed by atoms with Gasteiger partial charge in [-0.25, -0.2) is 4.68 Å². The third-order valence-electron chi connectivity index (χ3n) is 2.93. The van der Waals surface area contributed by atoms with E-state index in [-0.39, 0.29) is 0 Å². The fourth-order valence-electron chi connectivity index (χ4n) is 1.91. The molecule has 1 aromatic carbocycles. The predicted molar refractivity (Wildman–Crippen MR) is 82.0 cm³/mol. The van der Waals surface area contributed by atoms with Gasteiger partial charge in [-0.2, -0.15) is 5.10 Å². The fraction of sp³-hybridized carbons (Fsp3) is 0.312. The van der Waals surface area contributed by atoms with Crippen LogP contribution in [0.15, 0.2) is 48.7 Å². The SMILES string of the molecule is COCCNCC/C=C/c1ccnn1-c1ccccc1. The molecule has 4 heteroatoms. The molecule has 0 aliphatic carbocycles. The average molecular weight is 271 g/mol. The van der Waals surface area contributed by atoms with Crippen LogP contribution in [0.3, 0.4) is 0 Å². The molecule has 0 saturated heterocycles. The van der Waals surface area contributed by atoms with Crippen molar-refractivity contribution < 1.29 is 4.74 Å². The van der Waals surface area contributed by atoms with E-state index in [0.29, 0.717) is 0 Å². The number of rotatable bonds is 8. The van der Waals surface area contributed by atoms with Crippen molar-refractivity contribution in [3.63, 3.8) is 0 Å². The molecule has 0 spiro atoms. The summed E-state index contributed by atoms with van der Waals surface area (Å²) in [6, 6.07) is 12.2. The smallest absolute Gasteiger partial charge is 0.0665 e. The van der Waals surface area contributed by atoms with E-state index in [2.05, 4.69) is 34.7 Å². The lowest BCUT2D eigenvalue weighted by atomic mass is 10.3. The highest BCUT2D eigenvalue weighted by Crippen LogP contribution is 2.11. The molecule has 0 fully saturated rings. The van der Waals surface area contributed by atoms with Gasteiger partial charge in [-0.15, -0.1) is 0 Å². The molecule has 1 heterocycles. The zero-order valence-electron chi connectivity index (χ0n) is 11.8. The minimum Gasteiger partial charge on any atom is -0.383 e. The molecule has 2 aromatic rings. The van der Waals surface area contributed by atoms with Gasteiger partial charge in [0.2, 0.25) is 0 Å². The maximum atomic E-state index is 4.98. The number of para-hydroxylation sites is 1. The van der Waals surface area contributed by atoms with Crippen LogP contribution in [0.1, 0.15) is 12.1 Å². The highest BCUT2D eigenvalue weighted by molar-refractivity contribution is 5.48. The minimum atomic E-state index is 0.754. The van der Waals surface area contributed by atoms with E-state index in [9.17, 15) is 0 Å². The van der Waals surface area contributed by atoms with Crippen molar-refractivity contribution in [1.82, 2.24) is 15.1 Å². The molecule has 0 aliphatic heterocycles. The van der Waals surface area contributed by atoms with Crippen LogP contribution < -0.4 is 5.32 Å². The molecule has 0 amide bonds. The minimum absolute atomic E-state index is 0.754. The van der Waals surface area contributed by atoms with Gasteiger partial charge in [-0.1, -0.05) is 24.3 Å². The van der Waals surface area contributed by atoms with Gasteiger partial charge in [0, 0.05) is 13.7 Å². The number of nitrogens with zero attached hydrogens (tertiary/aromatic N) is 2. The molecule has 106 valence electrons. The van der Waals surface area contributed by atoms with Crippen LogP contribution in [-0.2, 0) is 4.74 Å². The number of aromatic nitrogens is 2. The zero-order chi connectivity index (χ0) is 14.0. The van der Waals surface area contributed by atoms with E-state index >= 15 is 0 Å². The first kappa shape index (κ1) is 14.5. The van der Waals surface area contributed by atoms with Crippen molar-refractivity contribution in [2.45, 2.75) is 6.42 Å². The quantitative estimate of drug-likeness (QED) is 0.750. The van der Waals surface area contributed by atoms with Gasteiger partial charge in [0.1, 0.15) is 0 Å². The summed E-state index contributed by atoms with van der Waals surface area (Å²) in [6.07, 6.45) is 7.08. The summed E-state index contributed by atoms with van der Waals surface area (Å²) in [5.74, 6) is 0. The standard InChI is InChI=1S/C16H21N3O/c1-20-14-13-17-11-6-5-9-16-10-12-18-19(16)15-7-3-2-4-8-15/h2-5,7-10,12,17H,6,11,13-14H2,1H3/b9-5+. The lowest BCUT2D eigenvalue weighted by molar-refractivity contribution is 0.199. The van der Waals surface area contributed by atoms with Crippen molar-refractivity contribution in [3.05, 3.63) is 54.4 Å². The molecule has 1 N–H and O–H groups in total. The Labute approximate surface area is 120 Å². The van der Waals surface area contributed by atoms with Crippen LogP contribution >= 0.6 is 0 Å². The molecule has 2 rings (SSSR count). The van der Waals surface area contributed by atoms with Crippen LogP contribution in [-0.4, -0.2) is 36.6 Å². The molecule has 4 nitrogen and oxygen atoms in total. The molecular weight excluding hydrogens is 250 g/mol. The Hall–Kier alpha value is -1.91. The third kappa shape index (κ3) is 4.33. The topological polar surface area (TPSA) is 39.1 Å². The summed E-state index contributed by atoms with van der Waals surface area (Å²) in [7, 11) is 1.71. The Morgan fingerprint density at radius 2 is 2.05 bits per heavy atom. The van der Waals surface area contributed by atoms with Gasteiger partial charge in [0.15, 0.2) is 0 Å². The number of hydrogen-bond donors (Lipinski definition) is 1. The van der Waals surface area contributed by atoms with Crippen LogP contribution in [0.5, 0.6) is 0 Å². The maximum absolute atomic E-state index is 4.98. The van der Waals surface area contributed by atoms with Crippen LogP contribution in [0.25, 0.3) is 11.8 Å². The second kappa shape index (κ2) is 8.30. The Morgan fingerprint density at radius 1 is 1.20 bits per heavy atom. The largest absolute Gasteiger partial charge is 0.383 e. The van der Waals surface area contributed by atoms with Crippen molar-refractivity contribution in [3.8, 4) is 5.69 Å². The molecule has 20 heavy (non-hydrogen) atoms. The van der Waals surface area contributed by atoms with Gasteiger partial charge in [0.05, 0.1) is 24.2 Å². The van der Waals surface area contributed by atoms with Crippen LogP contribution in [0, 0.1) is 0 Å². The Balaban J connectivity index is 1.86. The summed E-state index contributed by atoms with van der Waals surface area (Å²) in [6.45, 7) is 2.61. The van der Waals surface area contributed by atoms with Gasteiger partial charge >= 0.3 is 0 Å². The Bertz CT molecular complexity index is 520. The van der Waals surface area contributed by atoms with Crippen molar-refractivity contribution >= 4 is 6.08 Å². The fourth-order valence-corrected chi connectivity index (χ4v) is 1.91. The van der Waals surface area contributed by atoms with E-state index in [1.54, 1.807) is 7.11 Å². The molecule has 0 aliphatic rings. The first-order valence-electron chi connectivity index (χ1n) is 6.87. The first-order chi connectivity index (χ1) is 9.92. The zero-order valence-corrected chi connectivity index (χ0v) is 11.8. The number of nitrogens with one attached hydrogen (secondary N) is 1. The number of hydrogen-bond acceptors (Lipinski definition) is 3. The van der Waals surface area contributed by atoms with E-state index in [1.165, 1.54) is 0 Å². The lowest BCUT2D eigenvalue weighted by Crippen LogP contribution is -2.19. The first-order valence-corrected chi connectivity index (χ1v) is 6.87. The summed E-state index contributed by atoms with van der Waals surface area (Å²) in [5.41, 5.74) is 2.17. The van der Waals surface area contributed by atoms with Crippen molar-refractivity contribution in [2.24, 2.45) is 0 Å². The molecule has 1 aromatic heterocycles. The predicted octanol–water partition coefficient (Wildman–Crippen LogP) is 2.51. The van der Waals surface area contributed by atoms with Gasteiger partial charge in [-0.05, 0) is 37.2 Å². The molecule has 0 bridgehead atoms. The third-order valence-corrected chi connectivity index (χ3v) is 2.93. The van der Waals surface area contributed by atoms with Gasteiger partial charge < -0.3 is 10.1 Å². The van der Waals surface area contributed by atoms with Crippen molar-refractivity contribution in [2.75, 3.05) is 26.8 Å². The van der Waals surface area contributed by atoms with E-state index < -0.39 is 0 Å². The summed E-state index contributed by atoms with van der Waals surface area (Å²) >= 11 is 0. The van der Waals surface area contributed by atoms with Crippen LogP contribution in [0.2, 0.25) is 0 Å². The normalized spacial score (nSPS) is 11.2.